The molecule has 0 bridgehead atoms. The second-order valence-corrected chi connectivity index (χ2v) is 12.1. The molecular formula is C30H36ClN3O4S. The third-order valence-electron chi connectivity index (χ3n) is 6.47. The van der Waals surface area contributed by atoms with Gasteiger partial charge in [-0.3, -0.25) is 13.9 Å². The van der Waals surface area contributed by atoms with Gasteiger partial charge in [-0.2, -0.15) is 0 Å². The first-order valence-corrected chi connectivity index (χ1v) is 14.8. The molecular weight excluding hydrogens is 534 g/mol. The van der Waals surface area contributed by atoms with Crippen LogP contribution in [0.3, 0.4) is 0 Å². The minimum Gasteiger partial charge on any atom is -0.352 e. The van der Waals surface area contributed by atoms with Crippen molar-refractivity contribution >= 4 is 39.1 Å². The molecule has 1 N–H and O–H groups in total. The van der Waals surface area contributed by atoms with Crippen LogP contribution in [-0.2, 0) is 26.2 Å². The van der Waals surface area contributed by atoms with Gasteiger partial charge in [-0.15, -0.1) is 0 Å². The van der Waals surface area contributed by atoms with Gasteiger partial charge >= 0.3 is 0 Å². The molecule has 0 aliphatic heterocycles. The Kier molecular flexibility index (Phi) is 10.2. The number of hydrogen-bond acceptors (Lipinski definition) is 4. The number of carbonyl (C=O) groups excluding carboxylic acids is 2. The minimum atomic E-state index is -4.15. The number of anilines is 1. The molecule has 39 heavy (non-hydrogen) atoms. The van der Waals surface area contributed by atoms with E-state index in [1.165, 1.54) is 17.0 Å². The number of amides is 2. The van der Waals surface area contributed by atoms with Crippen molar-refractivity contribution in [3.63, 3.8) is 0 Å². The molecule has 0 fully saturated rings. The molecule has 0 radical (unpaired) electrons. The van der Waals surface area contributed by atoms with E-state index in [-0.39, 0.29) is 23.4 Å². The van der Waals surface area contributed by atoms with Crippen molar-refractivity contribution in [3.05, 3.63) is 94.5 Å². The zero-order chi connectivity index (χ0) is 28.7. The fourth-order valence-corrected chi connectivity index (χ4v) is 6.01. The quantitative estimate of drug-likeness (QED) is 0.331. The van der Waals surface area contributed by atoms with Crippen LogP contribution >= 0.6 is 11.6 Å². The maximum absolute atomic E-state index is 14.1. The summed E-state index contributed by atoms with van der Waals surface area (Å²) in [4.78, 5) is 28.9. The number of benzene rings is 3. The van der Waals surface area contributed by atoms with Crippen molar-refractivity contribution in [3.8, 4) is 0 Å². The summed E-state index contributed by atoms with van der Waals surface area (Å²) < 4.78 is 28.9. The maximum atomic E-state index is 14.1. The highest BCUT2D eigenvalue weighted by Crippen LogP contribution is 2.30. The third-order valence-corrected chi connectivity index (χ3v) is 8.48. The Labute approximate surface area is 236 Å². The van der Waals surface area contributed by atoms with E-state index >= 15 is 0 Å². The monoisotopic (exact) mass is 569 g/mol. The molecule has 3 aromatic carbocycles. The second-order valence-electron chi connectivity index (χ2n) is 9.79. The fourth-order valence-electron chi connectivity index (χ4n) is 4.36. The van der Waals surface area contributed by atoms with E-state index in [4.69, 9.17) is 11.6 Å². The van der Waals surface area contributed by atoms with Gasteiger partial charge in [0.1, 0.15) is 12.6 Å². The smallest absolute Gasteiger partial charge is 0.264 e. The van der Waals surface area contributed by atoms with E-state index in [1.807, 2.05) is 52.0 Å². The van der Waals surface area contributed by atoms with Crippen LogP contribution in [0.1, 0.15) is 43.9 Å². The summed E-state index contributed by atoms with van der Waals surface area (Å²) in [5.74, 6) is -0.784. The second kappa shape index (κ2) is 13.1. The van der Waals surface area contributed by atoms with Crippen molar-refractivity contribution in [1.29, 1.82) is 0 Å². The fraction of sp³-hybridized carbons (Fsp3) is 0.333. The molecule has 0 saturated carbocycles. The van der Waals surface area contributed by atoms with E-state index < -0.39 is 28.5 Å². The lowest BCUT2D eigenvalue weighted by atomic mass is 10.1. The Morgan fingerprint density at radius 3 is 2.18 bits per heavy atom. The Morgan fingerprint density at radius 1 is 0.923 bits per heavy atom. The van der Waals surface area contributed by atoms with Crippen LogP contribution in [0.5, 0.6) is 0 Å². The molecule has 3 rings (SSSR count). The number of hydrogen-bond donors (Lipinski definition) is 1. The maximum Gasteiger partial charge on any atom is 0.264 e. The topological polar surface area (TPSA) is 86.8 Å². The van der Waals surface area contributed by atoms with Crippen LogP contribution in [0.25, 0.3) is 0 Å². The van der Waals surface area contributed by atoms with Crippen molar-refractivity contribution in [1.82, 2.24) is 10.2 Å². The number of aryl methyl sites for hydroxylation is 2. The average molecular weight is 570 g/mol. The summed E-state index contributed by atoms with van der Waals surface area (Å²) in [7, 11) is -4.15. The molecule has 0 aliphatic rings. The Bertz CT molecular complexity index is 1410. The van der Waals surface area contributed by atoms with Gasteiger partial charge in [-0.05, 0) is 75.1 Å². The number of carbonyl (C=O) groups is 2. The number of nitrogens with one attached hydrogen (secondary N) is 1. The predicted molar refractivity (Wildman–Crippen MR) is 156 cm³/mol. The van der Waals surface area contributed by atoms with Crippen LogP contribution in [0.4, 0.5) is 5.69 Å². The largest absolute Gasteiger partial charge is 0.352 e. The lowest BCUT2D eigenvalue weighted by Crippen LogP contribution is -2.53. The van der Waals surface area contributed by atoms with Crippen LogP contribution in [0.15, 0.2) is 77.7 Å². The number of sulfonamides is 1. The molecule has 9 heteroatoms. The van der Waals surface area contributed by atoms with E-state index in [1.54, 1.807) is 43.3 Å². The molecule has 0 aromatic heterocycles. The standard InChI is InChI=1S/C30H36ClN3O4S/c1-6-27(30(36)32-21(2)3)33(19-24-13-11-10-12-22(24)4)29(35)20-34(28-18-25(31)17-16-23(28)5)39(37,38)26-14-8-7-9-15-26/h7-18,21,27H,6,19-20H2,1-5H3,(H,32,36)/t27-/m0/s1. The molecule has 0 aliphatic carbocycles. The highest BCUT2D eigenvalue weighted by atomic mass is 35.5. The molecule has 0 saturated heterocycles. The van der Waals surface area contributed by atoms with Gasteiger partial charge in [0.15, 0.2) is 0 Å². The van der Waals surface area contributed by atoms with Crippen LogP contribution < -0.4 is 9.62 Å². The highest BCUT2D eigenvalue weighted by Gasteiger charge is 2.34. The molecule has 2 amide bonds. The normalized spacial score (nSPS) is 12.2. The number of halogens is 1. The Hall–Kier alpha value is -3.36. The summed E-state index contributed by atoms with van der Waals surface area (Å²) in [6.45, 7) is 8.90. The van der Waals surface area contributed by atoms with Gasteiger partial charge in [0.05, 0.1) is 10.6 Å². The average Bonchev–Trinajstić information content (AvgIpc) is 2.89. The van der Waals surface area contributed by atoms with Gasteiger partial charge in [0.2, 0.25) is 11.8 Å². The SMILES string of the molecule is CC[C@@H](C(=O)NC(C)C)N(Cc1ccccc1C)C(=O)CN(c1cc(Cl)ccc1C)S(=O)(=O)c1ccccc1. The Balaban J connectivity index is 2.11. The lowest BCUT2D eigenvalue weighted by Gasteiger charge is -2.34. The number of rotatable bonds is 11. The van der Waals surface area contributed by atoms with Crippen molar-refractivity contribution in [2.24, 2.45) is 0 Å². The van der Waals surface area contributed by atoms with E-state index in [0.717, 1.165) is 15.4 Å². The van der Waals surface area contributed by atoms with Crippen molar-refractivity contribution in [2.75, 3.05) is 10.8 Å². The Morgan fingerprint density at radius 2 is 1.56 bits per heavy atom. The van der Waals surface area contributed by atoms with Gasteiger partial charge < -0.3 is 10.2 Å². The first kappa shape index (κ1) is 30.2. The zero-order valence-corrected chi connectivity index (χ0v) is 24.6. The third kappa shape index (κ3) is 7.40. The summed E-state index contributed by atoms with van der Waals surface area (Å²) >= 11 is 6.27. The molecule has 0 unspecified atom stereocenters. The predicted octanol–water partition coefficient (Wildman–Crippen LogP) is 5.48. The molecule has 3 aromatic rings. The van der Waals surface area contributed by atoms with Crippen molar-refractivity contribution < 1.29 is 18.0 Å². The summed E-state index contributed by atoms with van der Waals surface area (Å²) in [5.41, 5.74) is 2.78. The van der Waals surface area contributed by atoms with E-state index in [9.17, 15) is 18.0 Å². The van der Waals surface area contributed by atoms with Gasteiger partial charge in [0.25, 0.3) is 10.0 Å². The van der Waals surface area contributed by atoms with Crippen molar-refractivity contribution in [2.45, 2.75) is 64.6 Å². The molecule has 1 atom stereocenters. The van der Waals surface area contributed by atoms with Crippen LogP contribution in [-0.4, -0.2) is 43.8 Å². The van der Waals surface area contributed by atoms with Gasteiger partial charge in [0, 0.05) is 17.6 Å². The zero-order valence-electron chi connectivity index (χ0n) is 23.0. The highest BCUT2D eigenvalue weighted by molar-refractivity contribution is 7.92. The van der Waals surface area contributed by atoms with E-state index in [2.05, 4.69) is 5.32 Å². The molecule has 0 heterocycles. The van der Waals surface area contributed by atoms with E-state index in [0.29, 0.717) is 22.7 Å². The minimum absolute atomic E-state index is 0.0484. The molecule has 0 spiro atoms. The first-order valence-electron chi connectivity index (χ1n) is 12.9. The summed E-state index contributed by atoms with van der Waals surface area (Å²) in [6.07, 6.45) is 0.359. The first-order chi connectivity index (χ1) is 18.4. The molecule has 208 valence electrons. The number of nitrogens with zero attached hydrogens (tertiary/aromatic N) is 2. The van der Waals surface area contributed by atoms with Crippen LogP contribution in [0, 0.1) is 13.8 Å². The summed E-state index contributed by atoms with van der Waals surface area (Å²) in [6, 6.07) is 19.6. The van der Waals surface area contributed by atoms with Crippen LogP contribution in [0.2, 0.25) is 5.02 Å². The summed E-state index contributed by atoms with van der Waals surface area (Å²) in [5, 5.41) is 3.25. The molecule has 7 nitrogen and oxygen atoms in total. The van der Waals surface area contributed by atoms with Gasteiger partial charge in [-0.1, -0.05) is 67.1 Å². The van der Waals surface area contributed by atoms with Gasteiger partial charge in [-0.25, -0.2) is 8.42 Å². The lowest BCUT2D eigenvalue weighted by molar-refractivity contribution is -0.140.